The van der Waals surface area contributed by atoms with E-state index in [1.54, 1.807) is 0 Å². The molecular formula is C12H17ClFN3O2S. The minimum absolute atomic E-state index is 0.0500. The molecule has 8 heteroatoms. The number of rotatable bonds is 5. The van der Waals surface area contributed by atoms with E-state index in [2.05, 4.69) is 4.72 Å². The summed E-state index contributed by atoms with van der Waals surface area (Å²) >= 11 is 5.89. The minimum Gasteiger partial charge on any atom is -0.328 e. The maximum absolute atomic E-state index is 13.6. The predicted octanol–water partition coefficient (Wildman–Crippen LogP) is 1.23. The number of benzene rings is 1. The Labute approximate surface area is 123 Å². The van der Waals surface area contributed by atoms with E-state index in [-0.39, 0.29) is 29.2 Å². The highest BCUT2D eigenvalue weighted by Crippen LogP contribution is 2.22. The average Bonchev–Trinajstić information content (AvgIpc) is 2.31. The van der Waals surface area contributed by atoms with Crippen LogP contribution in [-0.4, -0.2) is 31.9 Å². The predicted molar refractivity (Wildman–Crippen MR) is 75.9 cm³/mol. The lowest BCUT2D eigenvalue weighted by Crippen LogP contribution is -2.53. The van der Waals surface area contributed by atoms with Crippen LogP contribution in [0.5, 0.6) is 0 Å². The Balaban J connectivity index is 2.05. The van der Waals surface area contributed by atoms with E-state index in [1.165, 1.54) is 25.2 Å². The molecule has 0 aromatic heterocycles. The van der Waals surface area contributed by atoms with E-state index < -0.39 is 16.0 Å². The van der Waals surface area contributed by atoms with Gasteiger partial charge >= 0.3 is 0 Å². The number of nitrogens with zero attached hydrogens (tertiary/aromatic N) is 1. The van der Waals surface area contributed by atoms with Gasteiger partial charge in [-0.1, -0.05) is 17.7 Å². The van der Waals surface area contributed by atoms with Gasteiger partial charge in [0.25, 0.3) is 10.2 Å². The SMILES string of the molecule is CN(Cc1c(F)cccc1Cl)S(=O)(=O)NC1CC(N)C1. The molecule has 0 unspecified atom stereocenters. The third-order valence-corrected chi connectivity index (χ3v) is 5.28. The second kappa shape index (κ2) is 5.95. The van der Waals surface area contributed by atoms with Crippen LogP contribution in [0.3, 0.4) is 0 Å². The Hall–Kier alpha value is -0.730. The summed E-state index contributed by atoms with van der Waals surface area (Å²) in [5.41, 5.74) is 5.77. The molecule has 0 spiro atoms. The first kappa shape index (κ1) is 15.7. The molecule has 0 heterocycles. The second-order valence-electron chi connectivity index (χ2n) is 5.01. The van der Waals surface area contributed by atoms with E-state index >= 15 is 0 Å². The van der Waals surface area contributed by atoms with Gasteiger partial charge in [0.2, 0.25) is 0 Å². The molecule has 0 bridgehead atoms. The number of hydrogen-bond acceptors (Lipinski definition) is 3. The van der Waals surface area contributed by atoms with Gasteiger partial charge in [-0.2, -0.15) is 17.4 Å². The van der Waals surface area contributed by atoms with Gasteiger partial charge in [0.15, 0.2) is 0 Å². The fourth-order valence-electron chi connectivity index (χ4n) is 2.05. The lowest BCUT2D eigenvalue weighted by Gasteiger charge is -2.34. The van der Waals surface area contributed by atoms with E-state index in [9.17, 15) is 12.8 Å². The van der Waals surface area contributed by atoms with Gasteiger partial charge in [0.1, 0.15) is 5.82 Å². The molecule has 112 valence electrons. The van der Waals surface area contributed by atoms with Crippen LogP contribution >= 0.6 is 11.6 Å². The Bertz CT molecular complexity index is 570. The standard InChI is InChI=1S/C12H17ClFN3O2S/c1-17(7-10-11(13)3-2-4-12(10)14)20(18,19)16-9-5-8(15)6-9/h2-4,8-9,16H,5-7,15H2,1H3. The molecule has 0 amide bonds. The first-order valence-corrected chi connectivity index (χ1v) is 8.03. The zero-order valence-corrected chi connectivity index (χ0v) is 12.6. The van der Waals surface area contributed by atoms with Gasteiger partial charge in [0, 0.05) is 36.3 Å². The first-order valence-electron chi connectivity index (χ1n) is 6.21. The molecule has 0 aliphatic heterocycles. The molecule has 3 N–H and O–H groups in total. The Morgan fingerprint density at radius 1 is 1.50 bits per heavy atom. The Kier molecular flexibility index (Phi) is 4.66. The van der Waals surface area contributed by atoms with Crippen LogP contribution in [0.25, 0.3) is 0 Å². The maximum Gasteiger partial charge on any atom is 0.279 e. The van der Waals surface area contributed by atoms with Gasteiger partial charge < -0.3 is 5.73 Å². The smallest absolute Gasteiger partial charge is 0.279 e. The monoisotopic (exact) mass is 321 g/mol. The normalized spacial score (nSPS) is 22.9. The third kappa shape index (κ3) is 3.48. The third-order valence-electron chi connectivity index (χ3n) is 3.34. The molecule has 1 saturated carbocycles. The summed E-state index contributed by atoms with van der Waals surface area (Å²) in [6.45, 7) is -0.125. The van der Waals surface area contributed by atoms with E-state index in [0.717, 1.165) is 4.31 Å². The van der Waals surface area contributed by atoms with Crippen molar-refractivity contribution in [2.75, 3.05) is 7.05 Å². The number of halogens is 2. The number of nitrogens with one attached hydrogen (secondary N) is 1. The van der Waals surface area contributed by atoms with Crippen LogP contribution in [-0.2, 0) is 16.8 Å². The zero-order valence-electron chi connectivity index (χ0n) is 11.0. The van der Waals surface area contributed by atoms with Crippen LogP contribution in [0, 0.1) is 5.82 Å². The molecule has 2 rings (SSSR count). The van der Waals surface area contributed by atoms with Crippen LogP contribution in [0.15, 0.2) is 18.2 Å². The maximum atomic E-state index is 13.6. The van der Waals surface area contributed by atoms with Crippen molar-refractivity contribution in [3.63, 3.8) is 0 Å². The van der Waals surface area contributed by atoms with Crippen molar-refractivity contribution in [2.45, 2.75) is 31.5 Å². The van der Waals surface area contributed by atoms with E-state index in [4.69, 9.17) is 17.3 Å². The minimum atomic E-state index is -3.67. The second-order valence-corrected chi connectivity index (χ2v) is 7.22. The van der Waals surface area contributed by atoms with Crippen molar-refractivity contribution in [3.05, 3.63) is 34.6 Å². The van der Waals surface area contributed by atoms with Crippen LogP contribution in [0.1, 0.15) is 18.4 Å². The van der Waals surface area contributed by atoms with Crippen LogP contribution in [0.4, 0.5) is 4.39 Å². The molecule has 1 aliphatic carbocycles. The molecule has 0 radical (unpaired) electrons. The van der Waals surface area contributed by atoms with Crippen molar-refractivity contribution < 1.29 is 12.8 Å². The molecule has 0 saturated heterocycles. The highest BCUT2D eigenvalue weighted by molar-refractivity contribution is 7.87. The molecule has 5 nitrogen and oxygen atoms in total. The lowest BCUT2D eigenvalue weighted by atomic mass is 9.89. The summed E-state index contributed by atoms with van der Waals surface area (Å²) in [7, 11) is -2.29. The fraction of sp³-hybridized carbons (Fsp3) is 0.500. The molecule has 0 atom stereocenters. The summed E-state index contributed by atoms with van der Waals surface area (Å²) in [6.07, 6.45) is 1.24. The summed E-state index contributed by atoms with van der Waals surface area (Å²) in [5, 5.41) is 0.206. The Morgan fingerprint density at radius 2 is 2.15 bits per heavy atom. The summed E-state index contributed by atoms with van der Waals surface area (Å²) in [5.74, 6) is -0.523. The molecule has 1 aromatic rings. The topological polar surface area (TPSA) is 75.4 Å². The summed E-state index contributed by atoms with van der Waals surface area (Å²) < 4.78 is 41.4. The van der Waals surface area contributed by atoms with Crippen molar-refractivity contribution >= 4 is 21.8 Å². The fourth-order valence-corrected chi connectivity index (χ4v) is 3.37. The van der Waals surface area contributed by atoms with Crippen LogP contribution < -0.4 is 10.5 Å². The highest BCUT2D eigenvalue weighted by atomic mass is 35.5. The number of nitrogens with two attached hydrogens (primary N) is 1. The van der Waals surface area contributed by atoms with Crippen molar-refractivity contribution in [1.29, 1.82) is 0 Å². The highest BCUT2D eigenvalue weighted by Gasteiger charge is 2.31. The van der Waals surface area contributed by atoms with Gasteiger partial charge in [-0.25, -0.2) is 4.39 Å². The lowest BCUT2D eigenvalue weighted by molar-refractivity contribution is 0.318. The number of hydrogen-bond donors (Lipinski definition) is 2. The van der Waals surface area contributed by atoms with Crippen molar-refractivity contribution in [3.8, 4) is 0 Å². The average molecular weight is 322 g/mol. The zero-order chi connectivity index (χ0) is 14.9. The molecule has 1 aromatic carbocycles. The largest absolute Gasteiger partial charge is 0.328 e. The first-order chi connectivity index (χ1) is 9.29. The Morgan fingerprint density at radius 3 is 2.70 bits per heavy atom. The van der Waals surface area contributed by atoms with Crippen LogP contribution in [0.2, 0.25) is 5.02 Å². The van der Waals surface area contributed by atoms with Crippen molar-refractivity contribution in [2.24, 2.45) is 5.73 Å². The van der Waals surface area contributed by atoms with Crippen molar-refractivity contribution in [1.82, 2.24) is 9.03 Å². The van der Waals surface area contributed by atoms with E-state index in [1.807, 2.05) is 0 Å². The molecule has 1 fully saturated rings. The van der Waals surface area contributed by atoms with Gasteiger partial charge in [-0.15, -0.1) is 0 Å². The quantitative estimate of drug-likeness (QED) is 0.856. The molecule has 20 heavy (non-hydrogen) atoms. The van der Waals surface area contributed by atoms with Gasteiger partial charge in [-0.05, 0) is 25.0 Å². The van der Waals surface area contributed by atoms with Gasteiger partial charge in [0.05, 0.1) is 0 Å². The summed E-state index contributed by atoms with van der Waals surface area (Å²) in [6, 6.07) is 4.16. The van der Waals surface area contributed by atoms with E-state index in [0.29, 0.717) is 12.8 Å². The molecule has 1 aliphatic rings. The molecular weight excluding hydrogens is 305 g/mol. The van der Waals surface area contributed by atoms with Gasteiger partial charge in [-0.3, -0.25) is 0 Å². The summed E-state index contributed by atoms with van der Waals surface area (Å²) in [4.78, 5) is 0.